The lowest BCUT2D eigenvalue weighted by molar-refractivity contribution is -0.120. The number of rotatable bonds is 7. The van der Waals surface area contributed by atoms with E-state index < -0.39 is 0 Å². The Bertz CT molecular complexity index is 868. The number of hydrogen-bond donors (Lipinski definition) is 4. The molecular weight excluding hydrogens is 390 g/mol. The summed E-state index contributed by atoms with van der Waals surface area (Å²) >= 11 is 6.38. The molecule has 0 bridgehead atoms. The number of nitrogens with one attached hydrogen (secondary N) is 4. The van der Waals surface area contributed by atoms with E-state index in [4.69, 9.17) is 11.6 Å². The number of carbonyl (C=O) groups excluding carboxylic acids is 2. The first-order chi connectivity index (χ1) is 14.0. The third kappa shape index (κ3) is 6.17. The van der Waals surface area contributed by atoms with Gasteiger partial charge in [0.15, 0.2) is 0 Å². The van der Waals surface area contributed by atoms with E-state index in [2.05, 4.69) is 26.3 Å². The summed E-state index contributed by atoms with van der Waals surface area (Å²) in [6.45, 7) is 4.31. The summed E-state index contributed by atoms with van der Waals surface area (Å²) in [7, 11) is 0. The first kappa shape index (κ1) is 21.1. The molecule has 1 atom stereocenters. The van der Waals surface area contributed by atoms with Gasteiger partial charge in [-0.3, -0.25) is 9.59 Å². The molecule has 0 spiro atoms. The Morgan fingerprint density at radius 1 is 1.28 bits per heavy atom. The van der Waals surface area contributed by atoms with Crippen LogP contribution in [0.2, 0.25) is 5.02 Å². The molecule has 1 aromatic heterocycles. The zero-order valence-corrected chi connectivity index (χ0v) is 17.2. The second-order valence-electron chi connectivity index (χ2n) is 7.07. The lowest BCUT2D eigenvalue weighted by Crippen LogP contribution is -2.37. The van der Waals surface area contributed by atoms with Crippen LogP contribution in [-0.2, 0) is 9.59 Å². The topological polar surface area (TPSA) is 95.2 Å². The van der Waals surface area contributed by atoms with Crippen LogP contribution >= 0.6 is 11.6 Å². The first-order valence-corrected chi connectivity index (χ1v) is 10.2. The molecule has 29 heavy (non-hydrogen) atoms. The van der Waals surface area contributed by atoms with Gasteiger partial charge in [-0.05, 0) is 43.1 Å². The van der Waals surface area contributed by atoms with Gasteiger partial charge in [0, 0.05) is 44.0 Å². The largest absolute Gasteiger partial charge is 0.383 e. The Hall–Kier alpha value is -2.64. The van der Waals surface area contributed by atoms with Gasteiger partial charge < -0.3 is 21.3 Å². The number of piperidine rings is 1. The highest BCUT2D eigenvalue weighted by molar-refractivity contribution is 6.33. The smallest absolute Gasteiger partial charge is 0.229 e. The van der Waals surface area contributed by atoms with Crippen molar-refractivity contribution in [3.63, 3.8) is 0 Å². The molecule has 1 fully saturated rings. The number of benzene rings is 1. The van der Waals surface area contributed by atoms with E-state index in [-0.39, 0.29) is 17.7 Å². The average Bonchev–Trinajstić information content (AvgIpc) is 2.73. The molecule has 1 aromatic carbocycles. The molecular formula is C21H26ClN5O2. The van der Waals surface area contributed by atoms with Gasteiger partial charge in [0.05, 0.1) is 10.9 Å². The molecule has 2 amide bonds. The molecule has 3 rings (SSSR count). The van der Waals surface area contributed by atoms with Crippen molar-refractivity contribution in [1.82, 2.24) is 15.6 Å². The Labute approximate surface area is 175 Å². The minimum Gasteiger partial charge on any atom is -0.383 e. The molecule has 4 N–H and O–H groups in total. The standard InChI is InChI=1S/C21H26ClN5O2/c1-14(28)24-8-9-25-17-6-2-4-15(10-17)18-11-20(26-13-19(18)22)27-21(29)16-5-3-7-23-12-16/h2,4,6,10-11,13,16,23,25H,3,5,7-9,12H2,1H3,(H,24,28)(H,26,27,29). The summed E-state index contributed by atoms with van der Waals surface area (Å²) in [5.41, 5.74) is 2.63. The molecule has 1 aliphatic heterocycles. The van der Waals surface area contributed by atoms with Crippen molar-refractivity contribution in [2.45, 2.75) is 19.8 Å². The second kappa shape index (κ2) is 10.2. The molecule has 7 nitrogen and oxygen atoms in total. The lowest BCUT2D eigenvalue weighted by atomic mass is 9.99. The number of pyridine rings is 1. The van der Waals surface area contributed by atoms with Crippen molar-refractivity contribution >= 4 is 34.9 Å². The van der Waals surface area contributed by atoms with E-state index in [0.29, 0.717) is 30.5 Å². The highest BCUT2D eigenvalue weighted by atomic mass is 35.5. The highest BCUT2D eigenvalue weighted by Gasteiger charge is 2.21. The minimum absolute atomic E-state index is 0.0219. The molecule has 2 aromatic rings. The highest BCUT2D eigenvalue weighted by Crippen LogP contribution is 2.31. The zero-order chi connectivity index (χ0) is 20.6. The first-order valence-electron chi connectivity index (χ1n) is 9.79. The molecule has 0 aliphatic carbocycles. The van der Waals surface area contributed by atoms with Crippen molar-refractivity contribution in [1.29, 1.82) is 0 Å². The van der Waals surface area contributed by atoms with Gasteiger partial charge in [-0.1, -0.05) is 23.7 Å². The van der Waals surface area contributed by atoms with Gasteiger partial charge in [0.2, 0.25) is 11.8 Å². The van der Waals surface area contributed by atoms with Crippen molar-refractivity contribution in [2.24, 2.45) is 5.92 Å². The van der Waals surface area contributed by atoms with Crippen molar-refractivity contribution in [2.75, 3.05) is 36.8 Å². The van der Waals surface area contributed by atoms with Crippen molar-refractivity contribution in [3.05, 3.63) is 41.6 Å². The van der Waals surface area contributed by atoms with Crippen LogP contribution in [0, 0.1) is 5.92 Å². The third-order valence-corrected chi connectivity index (χ3v) is 5.08. The van der Waals surface area contributed by atoms with Crippen LogP contribution < -0.4 is 21.3 Å². The van der Waals surface area contributed by atoms with E-state index in [9.17, 15) is 9.59 Å². The third-order valence-electron chi connectivity index (χ3n) is 4.78. The molecule has 0 radical (unpaired) electrons. The molecule has 1 aliphatic rings. The molecule has 1 saturated heterocycles. The van der Waals surface area contributed by atoms with Crippen molar-refractivity contribution < 1.29 is 9.59 Å². The number of halogens is 1. The van der Waals surface area contributed by atoms with Crippen LogP contribution in [0.15, 0.2) is 36.5 Å². The van der Waals surface area contributed by atoms with E-state index in [1.165, 1.54) is 6.92 Å². The Morgan fingerprint density at radius 2 is 2.14 bits per heavy atom. The van der Waals surface area contributed by atoms with E-state index in [1.807, 2.05) is 24.3 Å². The quantitative estimate of drug-likeness (QED) is 0.521. The van der Waals surface area contributed by atoms with Gasteiger partial charge in [-0.2, -0.15) is 0 Å². The summed E-state index contributed by atoms with van der Waals surface area (Å²) < 4.78 is 0. The summed E-state index contributed by atoms with van der Waals surface area (Å²) in [5, 5.41) is 12.7. The number of anilines is 2. The SMILES string of the molecule is CC(=O)NCCNc1cccc(-c2cc(NC(=O)C3CCCNC3)ncc2Cl)c1. The second-order valence-corrected chi connectivity index (χ2v) is 7.48. The van der Waals surface area contributed by atoms with Gasteiger partial charge in [0.25, 0.3) is 0 Å². The maximum absolute atomic E-state index is 12.5. The predicted molar refractivity (Wildman–Crippen MR) is 116 cm³/mol. The van der Waals surface area contributed by atoms with Crippen LogP contribution in [-0.4, -0.2) is 43.0 Å². The van der Waals surface area contributed by atoms with Crippen LogP contribution in [0.1, 0.15) is 19.8 Å². The van der Waals surface area contributed by atoms with E-state index in [1.54, 1.807) is 12.3 Å². The molecule has 2 heterocycles. The van der Waals surface area contributed by atoms with E-state index in [0.717, 1.165) is 36.2 Å². The van der Waals surface area contributed by atoms with E-state index >= 15 is 0 Å². The van der Waals surface area contributed by atoms with Gasteiger partial charge in [0.1, 0.15) is 5.82 Å². The van der Waals surface area contributed by atoms with Crippen LogP contribution in [0.5, 0.6) is 0 Å². The summed E-state index contributed by atoms with van der Waals surface area (Å²) in [5.74, 6) is 0.374. The Balaban J connectivity index is 1.69. The van der Waals surface area contributed by atoms with Crippen LogP contribution in [0.4, 0.5) is 11.5 Å². The van der Waals surface area contributed by atoms with Gasteiger partial charge >= 0.3 is 0 Å². The Kier molecular flexibility index (Phi) is 7.43. The fourth-order valence-corrected chi connectivity index (χ4v) is 3.49. The maximum Gasteiger partial charge on any atom is 0.229 e. The summed E-state index contributed by atoms with van der Waals surface area (Å²) in [4.78, 5) is 27.7. The summed E-state index contributed by atoms with van der Waals surface area (Å²) in [6, 6.07) is 9.61. The molecule has 154 valence electrons. The number of carbonyl (C=O) groups is 2. The molecule has 0 saturated carbocycles. The lowest BCUT2D eigenvalue weighted by Gasteiger charge is -2.21. The van der Waals surface area contributed by atoms with Gasteiger partial charge in [-0.15, -0.1) is 0 Å². The fourth-order valence-electron chi connectivity index (χ4n) is 3.27. The maximum atomic E-state index is 12.5. The predicted octanol–water partition coefficient (Wildman–Crippen LogP) is 2.89. The fraction of sp³-hybridized carbons (Fsp3) is 0.381. The zero-order valence-electron chi connectivity index (χ0n) is 16.4. The normalized spacial score (nSPS) is 16.1. The molecule has 1 unspecified atom stereocenters. The number of aromatic nitrogens is 1. The number of amides is 2. The Morgan fingerprint density at radius 3 is 2.90 bits per heavy atom. The number of hydrogen-bond acceptors (Lipinski definition) is 5. The van der Waals surface area contributed by atoms with Gasteiger partial charge in [-0.25, -0.2) is 4.98 Å². The van der Waals surface area contributed by atoms with Crippen LogP contribution in [0.3, 0.4) is 0 Å². The van der Waals surface area contributed by atoms with Crippen molar-refractivity contribution in [3.8, 4) is 11.1 Å². The minimum atomic E-state index is -0.0531. The monoisotopic (exact) mass is 415 g/mol. The molecule has 8 heteroatoms. The summed E-state index contributed by atoms with van der Waals surface area (Å²) in [6.07, 6.45) is 3.44. The average molecular weight is 416 g/mol. The van der Waals surface area contributed by atoms with Crippen LogP contribution in [0.25, 0.3) is 11.1 Å². The number of nitrogens with zero attached hydrogens (tertiary/aromatic N) is 1.